The van der Waals surface area contributed by atoms with Gasteiger partial charge >= 0.3 is 5.97 Å². The molecule has 1 aliphatic rings. The van der Waals surface area contributed by atoms with Crippen LogP contribution in [0, 0.1) is 5.41 Å². The average molecular weight is 533 g/mol. The number of nitrogens with zero attached hydrogens (tertiary/aromatic N) is 3. The van der Waals surface area contributed by atoms with Crippen molar-refractivity contribution in [3.8, 4) is 11.5 Å². The summed E-state index contributed by atoms with van der Waals surface area (Å²) >= 11 is 0. The number of benzene rings is 2. The summed E-state index contributed by atoms with van der Waals surface area (Å²) in [5, 5.41) is 12.1. The highest BCUT2D eigenvalue weighted by molar-refractivity contribution is 5.90. The Balaban J connectivity index is 1.34. The summed E-state index contributed by atoms with van der Waals surface area (Å²) in [7, 11) is 0. The summed E-state index contributed by atoms with van der Waals surface area (Å²) in [6.07, 6.45) is 4.08. The standard InChI is InChI=1S/C30H36N4O5/c1-4-38-24-9-5-6-10-25(24)39-23-8-7-17-34(20-23)26-15-16-31-29(32-26)33-27(35)18-21-11-13-22(14-12-21)19-30(2,3)28(36)37/h5-6,9-16,23H,4,7-8,17-20H2,1-3H3,(H,36,37)(H,31,32,33,35). The first kappa shape index (κ1) is 27.9. The number of aromatic nitrogens is 2. The van der Waals surface area contributed by atoms with Gasteiger partial charge in [-0.25, -0.2) is 4.98 Å². The van der Waals surface area contributed by atoms with Gasteiger partial charge in [-0.15, -0.1) is 0 Å². The molecule has 39 heavy (non-hydrogen) atoms. The number of aliphatic carboxylic acids is 1. The van der Waals surface area contributed by atoms with Gasteiger partial charge in [0.05, 0.1) is 25.0 Å². The Morgan fingerprint density at radius 3 is 2.51 bits per heavy atom. The number of carbonyl (C=O) groups excluding carboxylic acids is 1. The fourth-order valence-corrected chi connectivity index (χ4v) is 4.55. The van der Waals surface area contributed by atoms with Crippen molar-refractivity contribution in [3.05, 3.63) is 71.9 Å². The number of hydrogen-bond donors (Lipinski definition) is 2. The van der Waals surface area contributed by atoms with Crippen LogP contribution in [0.15, 0.2) is 60.8 Å². The third-order valence-electron chi connectivity index (χ3n) is 6.65. The lowest BCUT2D eigenvalue weighted by atomic mass is 9.86. The van der Waals surface area contributed by atoms with Gasteiger partial charge in [0.2, 0.25) is 11.9 Å². The zero-order valence-corrected chi connectivity index (χ0v) is 22.7. The second-order valence-corrected chi connectivity index (χ2v) is 10.4. The van der Waals surface area contributed by atoms with E-state index in [4.69, 9.17) is 9.47 Å². The monoisotopic (exact) mass is 532 g/mol. The topological polar surface area (TPSA) is 114 Å². The van der Waals surface area contributed by atoms with E-state index in [1.54, 1.807) is 20.0 Å². The van der Waals surface area contributed by atoms with Gasteiger partial charge < -0.3 is 19.5 Å². The Morgan fingerprint density at radius 2 is 1.79 bits per heavy atom. The fraction of sp³-hybridized carbons (Fsp3) is 0.400. The molecular weight excluding hydrogens is 496 g/mol. The Hall–Kier alpha value is -4.14. The molecule has 0 spiro atoms. The minimum absolute atomic E-state index is 0.0163. The van der Waals surface area contributed by atoms with Gasteiger partial charge in [0.15, 0.2) is 11.5 Å². The molecule has 3 aromatic rings. The van der Waals surface area contributed by atoms with Crippen molar-refractivity contribution in [1.29, 1.82) is 0 Å². The first-order valence-electron chi connectivity index (χ1n) is 13.3. The summed E-state index contributed by atoms with van der Waals surface area (Å²) in [5.74, 6) is 1.40. The Kier molecular flexibility index (Phi) is 9.01. The van der Waals surface area contributed by atoms with Crippen LogP contribution in [-0.4, -0.2) is 52.8 Å². The Labute approximate surface area is 229 Å². The van der Waals surface area contributed by atoms with Crippen molar-refractivity contribution in [2.45, 2.75) is 52.6 Å². The van der Waals surface area contributed by atoms with Crippen LogP contribution in [0.5, 0.6) is 11.5 Å². The van der Waals surface area contributed by atoms with Gasteiger partial charge in [-0.1, -0.05) is 36.4 Å². The van der Waals surface area contributed by atoms with Crippen molar-refractivity contribution in [1.82, 2.24) is 9.97 Å². The normalized spacial score (nSPS) is 15.5. The summed E-state index contributed by atoms with van der Waals surface area (Å²) in [5.41, 5.74) is 0.882. The van der Waals surface area contributed by atoms with Gasteiger partial charge in [-0.05, 0) is 69.4 Å². The number of carboxylic acid groups (broad SMARTS) is 1. The first-order valence-corrected chi connectivity index (χ1v) is 13.3. The molecule has 2 heterocycles. The minimum atomic E-state index is -0.851. The summed E-state index contributed by atoms with van der Waals surface area (Å²) in [6, 6.07) is 17.0. The summed E-state index contributed by atoms with van der Waals surface area (Å²) < 4.78 is 12.0. The van der Waals surface area contributed by atoms with Crippen molar-refractivity contribution in [3.63, 3.8) is 0 Å². The van der Waals surface area contributed by atoms with Crippen LogP contribution in [0.3, 0.4) is 0 Å². The molecule has 0 aliphatic carbocycles. The number of nitrogens with one attached hydrogen (secondary N) is 1. The number of para-hydroxylation sites is 2. The molecule has 1 unspecified atom stereocenters. The van der Waals surface area contributed by atoms with Crippen LogP contribution in [-0.2, 0) is 22.4 Å². The lowest BCUT2D eigenvalue weighted by Crippen LogP contribution is -2.41. The number of amides is 1. The fourth-order valence-electron chi connectivity index (χ4n) is 4.55. The van der Waals surface area contributed by atoms with Crippen LogP contribution in [0.4, 0.5) is 11.8 Å². The number of hydrogen-bond acceptors (Lipinski definition) is 7. The van der Waals surface area contributed by atoms with Gasteiger partial charge in [0.25, 0.3) is 0 Å². The van der Waals surface area contributed by atoms with Crippen LogP contribution in [0.1, 0.15) is 44.7 Å². The highest BCUT2D eigenvalue weighted by atomic mass is 16.5. The van der Waals surface area contributed by atoms with Gasteiger partial charge in [-0.3, -0.25) is 14.9 Å². The summed E-state index contributed by atoms with van der Waals surface area (Å²) in [6.45, 7) is 7.42. The Morgan fingerprint density at radius 1 is 1.08 bits per heavy atom. The smallest absolute Gasteiger partial charge is 0.309 e. The van der Waals surface area contributed by atoms with Gasteiger partial charge in [0, 0.05) is 12.7 Å². The Bertz CT molecular complexity index is 1280. The van der Waals surface area contributed by atoms with Crippen molar-refractivity contribution in [2.75, 3.05) is 29.9 Å². The quantitative estimate of drug-likeness (QED) is 0.363. The maximum atomic E-state index is 12.7. The number of carboxylic acids is 1. The van der Waals surface area contributed by atoms with E-state index in [0.717, 1.165) is 47.8 Å². The molecule has 1 aromatic heterocycles. The highest BCUT2D eigenvalue weighted by Gasteiger charge is 2.27. The average Bonchev–Trinajstić information content (AvgIpc) is 2.91. The number of carbonyl (C=O) groups is 2. The van der Waals surface area contributed by atoms with Crippen LogP contribution in [0.2, 0.25) is 0 Å². The molecule has 1 fully saturated rings. The number of rotatable bonds is 11. The molecule has 4 rings (SSSR count). The number of anilines is 2. The van der Waals surface area contributed by atoms with Crippen molar-refractivity contribution in [2.24, 2.45) is 5.41 Å². The third kappa shape index (κ3) is 7.69. The molecule has 1 saturated heterocycles. The van der Waals surface area contributed by atoms with Crippen molar-refractivity contribution >= 4 is 23.6 Å². The molecule has 206 valence electrons. The summed E-state index contributed by atoms with van der Waals surface area (Å²) in [4.78, 5) is 35.0. The molecule has 0 saturated carbocycles. The largest absolute Gasteiger partial charge is 0.490 e. The van der Waals surface area contributed by atoms with E-state index in [9.17, 15) is 14.7 Å². The molecule has 9 nitrogen and oxygen atoms in total. The SMILES string of the molecule is CCOc1ccccc1OC1CCCN(c2ccnc(NC(=O)Cc3ccc(CC(C)(C)C(=O)O)cc3)n2)C1. The zero-order chi connectivity index (χ0) is 27.8. The van der Waals surface area contributed by atoms with Crippen LogP contribution >= 0.6 is 0 Å². The molecule has 0 radical (unpaired) electrons. The zero-order valence-electron chi connectivity index (χ0n) is 22.7. The molecule has 2 N–H and O–H groups in total. The van der Waals surface area contributed by atoms with E-state index < -0.39 is 11.4 Å². The van der Waals surface area contributed by atoms with E-state index in [0.29, 0.717) is 19.6 Å². The predicted octanol–water partition coefficient (Wildman–Crippen LogP) is 4.76. The lowest BCUT2D eigenvalue weighted by molar-refractivity contribution is -0.146. The molecule has 9 heteroatoms. The minimum Gasteiger partial charge on any atom is -0.490 e. The maximum Gasteiger partial charge on any atom is 0.309 e. The second kappa shape index (κ2) is 12.6. The molecule has 2 aromatic carbocycles. The predicted molar refractivity (Wildman–Crippen MR) is 149 cm³/mol. The second-order valence-electron chi connectivity index (χ2n) is 10.4. The third-order valence-corrected chi connectivity index (χ3v) is 6.65. The van der Waals surface area contributed by atoms with Gasteiger partial charge in [0.1, 0.15) is 11.9 Å². The van der Waals surface area contributed by atoms with E-state index >= 15 is 0 Å². The molecule has 0 bridgehead atoms. The maximum absolute atomic E-state index is 12.7. The van der Waals surface area contributed by atoms with E-state index in [1.165, 1.54) is 0 Å². The highest BCUT2D eigenvalue weighted by Crippen LogP contribution is 2.30. The first-order chi connectivity index (χ1) is 18.7. The molecular formula is C30H36N4O5. The van der Waals surface area contributed by atoms with E-state index in [2.05, 4.69) is 20.2 Å². The number of piperidine rings is 1. The van der Waals surface area contributed by atoms with Crippen molar-refractivity contribution < 1.29 is 24.2 Å². The van der Waals surface area contributed by atoms with Crippen LogP contribution in [0.25, 0.3) is 0 Å². The van der Waals surface area contributed by atoms with E-state index in [1.807, 2.05) is 61.5 Å². The van der Waals surface area contributed by atoms with Gasteiger partial charge in [-0.2, -0.15) is 4.98 Å². The van der Waals surface area contributed by atoms with Crippen LogP contribution < -0.4 is 19.7 Å². The molecule has 1 atom stereocenters. The lowest BCUT2D eigenvalue weighted by Gasteiger charge is -2.34. The number of ether oxygens (including phenoxy) is 2. The molecule has 1 amide bonds. The van der Waals surface area contributed by atoms with E-state index in [-0.39, 0.29) is 24.4 Å². The molecule has 1 aliphatic heterocycles.